The summed E-state index contributed by atoms with van der Waals surface area (Å²) < 4.78 is 0. The lowest BCUT2D eigenvalue weighted by molar-refractivity contribution is -0.114. The number of aryl methyl sites for hydroxylation is 1. The van der Waals surface area contributed by atoms with Crippen LogP contribution < -0.4 is 10.6 Å². The number of carbonyl (C=O) groups excluding carboxylic acids is 1. The van der Waals surface area contributed by atoms with Crippen molar-refractivity contribution in [2.45, 2.75) is 58.0 Å². The van der Waals surface area contributed by atoms with Crippen LogP contribution in [0, 0.1) is 0 Å². The molecule has 122 valence electrons. The third-order valence-corrected chi connectivity index (χ3v) is 5.03. The Labute approximate surface area is 138 Å². The monoisotopic (exact) mass is 320 g/mol. The highest BCUT2D eigenvalue weighted by Gasteiger charge is 2.21. The van der Waals surface area contributed by atoms with Gasteiger partial charge in [-0.2, -0.15) is 11.8 Å². The molecule has 1 aromatic rings. The Kier molecular flexibility index (Phi) is 6.77. The largest absolute Gasteiger partial charge is 0.326 e. The van der Waals surface area contributed by atoms with Gasteiger partial charge in [-0.3, -0.25) is 4.79 Å². The molecule has 0 fully saturated rings. The molecule has 3 nitrogen and oxygen atoms in total. The molecule has 2 unspecified atom stereocenters. The van der Waals surface area contributed by atoms with Gasteiger partial charge in [-0.25, -0.2) is 0 Å². The molecule has 0 spiro atoms. The van der Waals surface area contributed by atoms with Crippen LogP contribution in [-0.4, -0.2) is 30.0 Å². The number of fused-ring (bicyclic) bond motifs is 1. The van der Waals surface area contributed by atoms with Crippen LogP contribution >= 0.6 is 11.8 Å². The summed E-state index contributed by atoms with van der Waals surface area (Å²) in [7, 11) is 0. The molecule has 0 bridgehead atoms. The van der Waals surface area contributed by atoms with Crippen molar-refractivity contribution in [3.8, 4) is 0 Å². The number of hydrogen-bond acceptors (Lipinski definition) is 3. The normalized spacial score (nSPS) is 18.6. The SMILES string of the molecule is CCC(CCSC)NC1CCc2ccc(NC(C)=O)cc2C1. The number of carbonyl (C=O) groups is 1. The number of benzene rings is 1. The zero-order valence-corrected chi connectivity index (χ0v) is 14.8. The Hall–Kier alpha value is -1.00. The maximum absolute atomic E-state index is 11.2. The molecule has 1 aliphatic carbocycles. The molecule has 0 aliphatic heterocycles. The highest BCUT2D eigenvalue weighted by atomic mass is 32.2. The Bertz CT molecular complexity index is 504. The average molecular weight is 321 g/mol. The molecule has 1 aromatic carbocycles. The van der Waals surface area contributed by atoms with E-state index >= 15 is 0 Å². The van der Waals surface area contributed by atoms with Crippen LogP contribution in [0.4, 0.5) is 5.69 Å². The Balaban J connectivity index is 1.98. The first-order valence-corrected chi connectivity index (χ1v) is 9.66. The summed E-state index contributed by atoms with van der Waals surface area (Å²) in [5.41, 5.74) is 3.74. The highest BCUT2D eigenvalue weighted by Crippen LogP contribution is 2.25. The summed E-state index contributed by atoms with van der Waals surface area (Å²) in [6.45, 7) is 3.82. The number of hydrogen-bond donors (Lipinski definition) is 2. The van der Waals surface area contributed by atoms with E-state index in [-0.39, 0.29) is 5.91 Å². The zero-order valence-electron chi connectivity index (χ0n) is 13.9. The van der Waals surface area contributed by atoms with Crippen LogP contribution in [0.25, 0.3) is 0 Å². The van der Waals surface area contributed by atoms with Gasteiger partial charge in [0.15, 0.2) is 0 Å². The van der Waals surface area contributed by atoms with Gasteiger partial charge in [0.2, 0.25) is 5.91 Å². The molecule has 1 aliphatic rings. The number of rotatable bonds is 7. The fourth-order valence-electron chi connectivity index (χ4n) is 3.18. The Morgan fingerprint density at radius 3 is 2.91 bits per heavy atom. The molecule has 0 saturated heterocycles. The van der Waals surface area contributed by atoms with E-state index in [9.17, 15) is 4.79 Å². The molecular formula is C18H28N2OS. The van der Waals surface area contributed by atoms with Gasteiger partial charge >= 0.3 is 0 Å². The molecular weight excluding hydrogens is 292 g/mol. The van der Waals surface area contributed by atoms with E-state index in [1.807, 2.05) is 17.8 Å². The van der Waals surface area contributed by atoms with Crippen LogP contribution in [0.2, 0.25) is 0 Å². The van der Waals surface area contributed by atoms with Gasteiger partial charge in [0.25, 0.3) is 0 Å². The van der Waals surface area contributed by atoms with Crippen LogP contribution in [0.1, 0.15) is 44.2 Å². The maximum Gasteiger partial charge on any atom is 0.221 e. The third-order valence-electron chi connectivity index (χ3n) is 4.39. The predicted molar refractivity (Wildman–Crippen MR) is 96.8 cm³/mol. The molecule has 22 heavy (non-hydrogen) atoms. The molecule has 4 heteroatoms. The van der Waals surface area contributed by atoms with Crippen molar-refractivity contribution in [1.82, 2.24) is 5.32 Å². The van der Waals surface area contributed by atoms with Crippen molar-refractivity contribution < 1.29 is 4.79 Å². The minimum absolute atomic E-state index is 0.00597. The van der Waals surface area contributed by atoms with E-state index in [1.165, 1.54) is 36.1 Å². The zero-order chi connectivity index (χ0) is 15.9. The molecule has 0 heterocycles. The number of thioether (sulfide) groups is 1. The smallest absolute Gasteiger partial charge is 0.221 e. The van der Waals surface area contributed by atoms with Gasteiger partial charge in [-0.15, -0.1) is 0 Å². The van der Waals surface area contributed by atoms with Gasteiger partial charge in [-0.05, 0) is 67.4 Å². The molecule has 1 amide bonds. The topological polar surface area (TPSA) is 41.1 Å². The lowest BCUT2D eigenvalue weighted by atomic mass is 9.87. The number of nitrogens with one attached hydrogen (secondary N) is 2. The second kappa shape index (κ2) is 8.59. The summed E-state index contributed by atoms with van der Waals surface area (Å²) in [5, 5.41) is 6.73. The van der Waals surface area contributed by atoms with Crippen molar-refractivity contribution in [2.75, 3.05) is 17.3 Å². The van der Waals surface area contributed by atoms with Crippen LogP contribution in [0.5, 0.6) is 0 Å². The molecule has 0 aromatic heterocycles. The Morgan fingerprint density at radius 1 is 1.41 bits per heavy atom. The fraction of sp³-hybridized carbons (Fsp3) is 0.611. The van der Waals surface area contributed by atoms with Crippen LogP contribution in [0.15, 0.2) is 18.2 Å². The second-order valence-corrected chi connectivity index (χ2v) is 7.14. The van der Waals surface area contributed by atoms with Crippen LogP contribution in [-0.2, 0) is 17.6 Å². The fourth-order valence-corrected chi connectivity index (χ4v) is 3.70. The van der Waals surface area contributed by atoms with E-state index in [4.69, 9.17) is 0 Å². The van der Waals surface area contributed by atoms with E-state index in [0.29, 0.717) is 12.1 Å². The molecule has 0 radical (unpaired) electrons. The molecule has 2 atom stereocenters. The summed E-state index contributed by atoms with van der Waals surface area (Å²) >= 11 is 1.92. The van der Waals surface area contributed by atoms with Gasteiger partial charge in [0.05, 0.1) is 0 Å². The first-order chi connectivity index (χ1) is 10.6. The third kappa shape index (κ3) is 5.03. The maximum atomic E-state index is 11.2. The standard InChI is InChI=1S/C18H28N2OS/c1-4-16(9-10-22-3)20-18-8-6-14-5-7-17(19-13(2)21)11-15(14)12-18/h5,7,11,16,18,20H,4,6,8-10,12H2,1-3H3,(H,19,21). The summed E-state index contributed by atoms with van der Waals surface area (Å²) in [4.78, 5) is 11.2. The van der Waals surface area contributed by atoms with Crippen LogP contribution in [0.3, 0.4) is 0 Å². The summed E-state index contributed by atoms with van der Waals surface area (Å²) in [6, 6.07) is 7.51. The highest BCUT2D eigenvalue weighted by molar-refractivity contribution is 7.98. The predicted octanol–water partition coefficient (Wildman–Crippen LogP) is 3.62. The Morgan fingerprint density at radius 2 is 2.23 bits per heavy atom. The van der Waals surface area contributed by atoms with E-state index in [1.54, 1.807) is 6.92 Å². The van der Waals surface area contributed by atoms with E-state index in [2.05, 4.69) is 35.9 Å². The average Bonchev–Trinajstić information content (AvgIpc) is 2.50. The first kappa shape index (κ1) is 17.4. The first-order valence-electron chi connectivity index (χ1n) is 8.26. The minimum atomic E-state index is -0.00597. The van der Waals surface area contributed by atoms with Gasteiger partial charge in [0.1, 0.15) is 0 Å². The second-order valence-electron chi connectivity index (χ2n) is 6.16. The van der Waals surface area contributed by atoms with Crippen molar-refractivity contribution >= 4 is 23.4 Å². The lowest BCUT2D eigenvalue weighted by Crippen LogP contribution is -2.41. The van der Waals surface area contributed by atoms with Crippen molar-refractivity contribution in [2.24, 2.45) is 0 Å². The van der Waals surface area contributed by atoms with Crippen molar-refractivity contribution in [1.29, 1.82) is 0 Å². The van der Waals surface area contributed by atoms with Gasteiger partial charge < -0.3 is 10.6 Å². The van der Waals surface area contributed by atoms with Crippen molar-refractivity contribution in [3.63, 3.8) is 0 Å². The summed E-state index contributed by atoms with van der Waals surface area (Å²) in [5.74, 6) is 1.22. The van der Waals surface area contributed by atoms with E-state index in [0.717, 1.165) is 18.5 Å². The molecule has 0 saturated carbocycles. The van der Waals surface area contributed by atoms with E-state index < -0.39 is 0 Å². The number of anilines is 1. The van der Waals surface area contributed by atoms with Crippen molar-refractivity contribution in [3.05, 3.63) is 29.3 Å². The quantitative estimate of drug-likeness (QED) is 0.806. The molecule has 2 N–H and O–H groups in total. The lowest BCUT2D eigenvalue weighted by Gasteiger charge is -2.30. The summed E-state index contributed by atoms with van der Waals surface area (Å²) in [6.07, 6.45) is 8.02. The minimum Gasteiger partial charge on any atom is -0.326 e. The number of amides is 1. The molecule has 2 rings (SSSR count). The van der Waals surface area contributed by atoms with Gasteiger partial charge in [-0.1, -0.05) is 13.0 Å². The van der Waals surface area contributed by atoms with Gasteiger partial charge in [0, 0.05) is 24.7 Å².